The van der Waals surface area contributed by atoms with Gasteiger partial charge in [-0.05, 0) is 18.9 Å². The lowest BCUT2D eigenvalue weighted by Crippen LogP contribution is -2.13. The van der Waals surface area contributed by atoms with Crippen LogP contribution in [0.25, 0.3) is 6.08 Å². The summed E-state index contributed by atoms with van der Waals surface area (Å²) in [5, 5.41) is 18.6. The van der Waals surface area contributed by atoms with Crippen molar-refractivity contribution in [2.45, 2.75) is 33.1 Å². The number of carboxylic acids is 2. The zero-order chi connectivity index (χ0) is 17.9. The SMILES string of the molecule is CCCCC(C=C(C)C(=O)O)C(=CC=Cc1ccccc1)C(=O)O. The Bertz CT molecular complexity index is 639. The zero-order valence-electron chi connectivity index (χ0n) is 14.1. The molecule has 1 aromatic carbocycles. The molecule has 0 saturated carbocycles. The molecule has 0 aliphatic carbocycles. The van der Waals surface area contributed by atoms with E-state index in [1.807, 2.05) is 43.3 Å². The molecule has 0 aliphatic heterocycles. The lowest BCUT2D eigenvalue weighted by atomic mass is 9.91. The molecule has 0 aliphatic rings. The average molecular weight is 328 g/mol. The van der Waals surface area contributed by atoms with Crippen molar-refractivity contribution in [2.24, 2.45) is 5.92 Å². The van der Waals surface area contributed by atoms with Gasteiger partial charge in [0.15, 0.2) is 0 Å². The predicted octanol–water partition coefficient (Wildman–Crippen LogP) is 4.55. The van der Waals surface area contributed by atoms with Gasteiger partial charge in [-0.25, -0.2) is 9.59 Å². The normalized spacial score (nSPS) is 13.9. The van der Waals surface area contributed by atoms with Gasteiger partial charge in [0.1, 0.15) is 0 Å². The first-order valence-corrected chi connectivity index (χ1v) is 8.04. The van der Waals surface area contributed by atoms with E-state index >= 15 is 0 Å². The lowest BCUT2D eigenvalue weighted by molar-refractivity contribution is -0.134. The highest BCUT2D eigenvalue weighted by atomic mass is 16.4. The van der Waals surface area contributed by atoms with E-state index in [2.05, 4.69) is 0 Å². The number of allylic oxidation sites excluding steroid dienone is 3. The average Bonchev–Trinajstić information content (AvgIpc) is 2.56. The third-order valence-corrected chi connectivity index (χ3v) is 3.67. The van der Waals surface area contributed by atoms with E-state index in [4.69, 9.17) is 5.11 Å². The highest BCUT2D eigenvalue weighted by Gasteiger charge is 2.19. The Balaban J connectivity index is 3.08. The minimum Gasteiger partial charge on any atom is -0.478 e. The Labute approximate surface area is 142 Å². The topological polar surface area (TPSA) is 74.6 Å². The van der Waals surface area contributed by atoms with Crippen LogP contribution in [0, 0.1) is 5.92 Å². The van der Waals surface area contributed by atoms with Crippen molar-refractivity contribution >= 4 is 18.0 Å². The number of carboxylic acid groups (broad SMARTS) is 2. The molecule has 1 aromatic rings. The summed E-state index contributed by atoms with van der Waals surface area (Å²) in [6.07, 6.45) is 8.98. The van der Waals surface area contributed by atoms with Gasteiger partial charge < -0.3 is 10.2 Å². The number of aliphatic carboxylic acids is 2. The van der Waals surface area contributed by atoms with Crippen LogP contribution in [0.2, 0.25) is 0 Å². The van der Waals surface area contributed by atoms with Gasteiger partial charge in [-0.15, -0.1) is 0 Å². The molecular formula is C20H24O4. The molecule has 128 valence electrons. The summed E-state index contributed by atoms with van der Waals surface area (Å²) in [6.45, 7) is 3.50. The first-order valence-electron chi connectivity index (χ1n) is 8.04. The van der Waals surface area contributed by atoms with Crippen LogP contribution in [0.1, 0.15) is 38.7 Å². The number of unbranched alkanes of at least 4 members (excludes halogenated alkanes) is 1. The highest BCUT2D eigenvalue weighted by Crippen LogP contribution is 2.22. The standard InChI is InChI=1S/C20H24O4/c1-3-4-12-17(14-15(2)19(21)22)18(20(23)24)13-8-11-16-9-6-5-7-10-16/h5-11,13-14,17H,3-4,12H2,1-2H3,(H,21,22)(H,23,24). The Kier molecular flexibility index (Phi) is 8.26. The van der Waals surface area contributed by atoms with Crippen LogP contribution < -0.4 is 0 Å². The molecule has 1 unspecified atom stereocenters. The van der Waals surface area contributed by atoms with Crippen molar-refractivity contribution in [3.8, 4) is 0 Å². The molecule has 4 nitrogen and oxygen atoms in total. The molecule has 1 atom stereocenters. The van der Waals surface area contributed by atoms with Crippen LogP contribution in [0.15, 0.2) is 59.7 Å². The van der Waals surface area contributed by atoms with Crippen LogP contribution in [-0.4, -0.2) is 22.2 Å². The van der Waals surface area contributed by atoms with Crippen molar-refractivity contribution < 1.29 is 19.8 Å². The third-order valence-electron chi connectivity index (χ3n) is 3.67. The molecule has 24 heavy (non-hydrogen) atoms. The highest BCUT2D eigenvalue weighted by molar-refractivity contribution is 5.90. The summed E-state index contributed by atoms with van der Waals surface area (Å²) in [4.78, 5) is 22.7. The van der Waals surface area contributed by atoms with Crippen molar-refractivity contribution in [1.29, 1.82) is 0 Å². The Hall–Kier alpha value is -2.62. The van der Waals surface area contributed by atoms with E-state index in [1.54, 1.807) is 12.2 Å². The van der Waals surface area contributed by atoms with Gasteiger partial charge in [0.25, 0.3) is 0 Å². The van der Waals surface area contributed by atoms with E-state index in [-0.39, 0.29) is 11.1 Å². The molecule has 0 amide bonds. The van der Waals surface area contributed by atoms with Crippen LogP contribution in [-0.2, 0) is 9.59 Å². The maximum atomic E-state index is 11.6. The Morgan fingerprint density at radius 1 is 1.12 bits per heavy atom. The minimum absolute atomic E-state index is 0.162. The molecule has 0 fully saturated rings. The first kappa shape index (κ1) is 19.4. The summed E-state index contributed by atoms with van der Waals surface area (Å²) >= 11 is 0. The fraction of sp³-hybridized carbons (Fsp3) is 0.300. The number of hydrogen-bond acceptors (Lipinski definition) is 2. The zero-order valence-corrected chi connectivity index (χ0v) is 14.1. The Morgan fingerprint density at radius 3 is 2.33 bits per heavy atom. The van der Waals surface area contributed by atoms with Crippen LogP contribution in [0.4, 0.5) is 0 Å². The van der Waals surface area contributed by atoms with Crippen LogP contribution in [0.3, 0.4) is 0 Å². The maximum Gasteiger partial charge on any atom is 0.332 e. The molecule has 0 aromatic heterocycles. The van der Waals surface area contributed by atoms with Crippen LogP contribution in [0.5, 0.6) is 0 Å². The van der Waals surface area contributed by atoms with Crippen molar-refractivity contribution in [2.75, 3.05) is 0 Å². The molecule has 4 heteroatoms. The first-order chi connectivity index (χ1) is 11.5. The predicted molar refractivity (Wildman–Crippen MR) is 95.6 cm³/mol. The largest absolute Gasteiger partial charge is 0.478 e. The van der Waals surface area contributed by atoms with E-state index in [0.29, 0.717) is 6.42 Å². The summed E-state index contributed by atoms with van der Waals surface area (Å²) in [5.41, 5.74) is 1.34. The fourth-order valence-corrected chi connectivity index (χ4v) is 2.31. The van der Waals surface area contributed by atoms with E-state index in [9.17, 15) is 14.7 Å². The number of hydrogen-bond donors (Lipinski definition) is 2. The number of carbonyl (C=O) groups is 2. The third kappa shape index (κ3) is 6.65. The van der Waals surface area contributed by atoms with Crippen LogP contribution >= 0.6 is 0 Å². The van der Waals surface area contributed by atoms with Gasteiger partial charge >= 0.3 is 11.9 Å². The second kappa shape index (κ2) is 10.2. The van der Waals surface area contributed by atoms with Gasteiger partial charge in [0.05, 0.1) is 0 Å². The molecule has 0 radical (unpaired) electrons. The summed E-state index contributed by atoms with van der Waals surface area (Å²) in [6, 6.07) is 9.58. The van der Waals surface area contributed by atoms with Crippen molar-refractivity contribution in [3.63, 3.8) is 0 Å². The molecule has 0 bridgehead atoms. The molecule has 0 saturated heterocycles. The Morgan fingerprint density at radius 2 is 1.79 bits per heavy atom. The van der Waals surface area contributed by atoms with E-state index < -0.39 is 17.9 Å². The maximum absolute atomic E-state index is 11.6. The van der Waals surface area contributed by atoms with Gasteiger partial charge in [-0.3, -0.25) is 0 Å². The smallest absolute Gasteiger partial charge is 0.332 e. The van der Waals surface area contributed by atoms with Gasteiger partial charge in [-0.1, -0.05) is 74.4 Å². The van der Waals surface area contributed by atoms with Crippen molar-refractivity contribution in [3.05, 3.63) is 65.3 Å². The molecule has 1 rings (SSSR count). The van der Waals surface area contributed by atoms with Crippen molar-refractivity contribution in [1.82, 2.24) is 0 Å². The molecule has 0 heterocycles. The fourth-order valence-electron chi connectivity index (χ4n) is 2.31. The van der Waals surface area contributed by atoms with Gasteiger partial charge in [-0.2, -0.15) is 0 Å². The van der Waals surface area contributed by atoms with Gasteiger partial charge in [0, 0.05) is 17.1 Å². The molecule has 0 spiro atoms. The number of benzene rings is 1. The summed E-state index contributed by atoms with van der Waals surface area (Å²) in [7, 11) is 0. The van der Waals surface area contributed by atoms with E-state index in [1.165, 1.54) is 13.0 Å². The monoisotopic (exact) mass is 328 g/mol. The summed E-state index contributed by atoms with van der Waals surface area (Å²) in [5.74, 6) is -2.47. The molecular weight excluding hydrogens is 304 g/mol. The molecule has 2 N–H and O–H groups in total. The lowest BCUT2D eigenvalue weighted by Gasteiger charge is -2.14. The summed E-state index contributed by atoms with van der Waals surface area (Å²) < 4.78 is 0. The number of rotatable bonds is 9. The van der Waals surface area contributed by atoms with Gasteiger partial charge in [0.2, 0.25) is 0 Å². The second-order valence-electron chi connectivity index (χ2n) is 5.60. The second-order valence-corrected chi connectivity index (χ2v) is 5.60. The van der Waals surface area contributed by atoms with E-state index in [0.717, 1.165) is 18.4 Å². The minimum atomic E-state index is -1.03. The quantitative estimate of drug-likeness (QED) is 0.515.